The van der Waals surface area contributed by atoms with Crippen molar-refractivity contribution in [3.8, 4) is 5.69 Å². The molecule has 0 fully saturated rings. The van der Waals surface area contributed by atoms with Gasteiger partial charge in [-0.05, 0) is 31.2 Å². The Bertz CT molecular complexity index is 695. The molecule has 1 amide bonds. The Morgan fingerprint density at radius 2 is 2.00 bits per heavy atom. The number of aliphatic carboxylic acids is 1. The lowest BCUT2D eigenvalue weighted by atomic mass is 10.1. The van der Waals surface area contributed by atoms with Crippen LogP contribution in [0, 0.1) is 18.7 Å². The molecule has 22 heavy (non-hydrogen) atoms. The number of hydrogen-bond acceptors (Lipinski definition) is 3. The Morgan fingerprint density at radius 1 is 1.36 bits per heavy atom. The number of carboxylic acid groups (broad SMARTS) is 1. The minimum absolute atomic E-state index is 0.0370. The van der Waals surface area contributed by atoms with Gasteiger partial charge in [0.05, 0.1) is 29.1 Å². The van der Waals surface area contributed by atoms with Crippen molar-refractivity contribution in [2.75, 3.05) is 6.54 Å². The number of benzene rings is 1. The molecule has 1 heterocycles. The number of halogens is 1. The van der Waals surface area contributed by atoms with Crippen LogP contribution in [0.15, 0.2) is 30.5 Å². The first kappa shape index (κ1) is 15.7. The van der Waals surface area contributed by atoms with E-state index in [0.29, 0.717) is 16.9 Å². The molecule has 6 nitrogen and oxygen atoms in total. The van der Waals surface area contributed by atoms with Gasteiger partial charge in [0.2, 0.25) is 0 Å². The zero-order valence-electron chi connectivity index (χ0n) is 12.2. The molecular formula is C15H16FN3O3. The quantitative estimate of drug-likeness (QED) is 0.881. The van der Waals surface area contributed by atoms with Crippen LogP contribution in [-0.4, -0.2) is 33.3 Å². The van der Waals surface area contributed by atoms with Gasteiger partial charge in [0.15, 0.2) is 0 Å². The SMILES string of the molecule is Cc1c(C(=O)NCC(C)C(=O)O)cnn1-c1ccc(F)cc1. The molecule has 0 radical (unpaired) electrons. The fraction of sp³-hybridized carbons (Fsp3) is 0.267. The van der Waals surface area contributed by atoms with E-state index >= 15 is 0 Å². The van der Waals surface area contributed by atoms with Gasteiger partial charge in [0.1, 0.15) is 5.82 Å². The summed E-state index contributed by atoms with van der Waals surface area (Å²) >= 11 is 0. The van der Waals surface area contributed by atoms with Crippen LogP contribution in [0.25, 0.3) is 5.69 Å². The molecule has 2 N–H and O–H groups in total. The largest absolute Gasteiger partial charge is 0.481 e. The molecule has 1 atom stereocenters. The number of aromatic nitrogens is 2. The average Bonchev–Trinajstić information content (AvgIpc) is 2.87. The normalized spacial score (nSPS) is 12.0. The van der Waals surface area contributed by atoms with E-state index in [1.807, 2.05) is 0 Å². The number of nitrogens with one attached hydrogen (secondary N) is 1. The highest BCUT2D eigenvalue weighted by molar-refractivity contribution is 5.95. The van der Waals surface area contributed by atoms with Crippen molar-refractivity contribution >= 4 is 11.9 Å². The lowest BCUT2D eigenvalue weighted by Gasteiger charge is -2.08. The van der Waals surface area contributed by atoms with Gasteiger partial charge in [-0.2, -0.15) is 5.10 Å². The number of nitrogens with zero attached hydrogens (tertiary/aromatic N) is 2. The first-order valence-corrected chi connectivity index (χ1v) is 6.71. The Kier molecular flexibility index (Phi) is 4.55. The van der Waals surface area contributed by atoms with Crippen molar-refractivity contribution in [1.82, 2.24) is 15.1 Å². The van der Waals surface area contributed by atoms with E-state index in [9.17, 15) is 14.0 Å². The summed E-state index contributed by atoms with van der Waals surface area (Å²) in [5.41, 5.74) is 1.57. The number of rotatable bonds is 5. The van der Waals surface area contributed by atoms with E-state index < -0.39 is 11.9 Å². The summed E-state index contributed by atoms with van der Waals surface area (Å²) in [5.74, 6) is -2.39. The van der Waals surface area contributed by atoms with Crippen molar-refractivity contribution in [3.05, 3.63) is 47.5 Å². The van der Waals surface area contributed by atoms with E-state index in [-0.39, 0.29) is 18.3 Å². The molecule has 0 saturated carbocycles. The van der Waals surface area contributed by atoms with Crippen LogP contribution in [0.4, 0.5) is 4.39 Å². The third kappa shape index (κ3) is 3.30. The minimum atomic E-state index is -0.973. The van der Waals surface area contributed by atoms with Gasteiger partial charge in [-0.1, -0.05) is 6.92 Å². The predicted octanol–water partition coefficient (Wildman–Crippen LogP) is 1.77. The highest BCUT2D eigenvalue weighted by Gasteiger charge is 2.17. The van der Waals surface area contributed by atoms with Crippen LogP contribution in [0.1, 0.15) is 23.0 Å². The van der Waals surface area contributed by atoms with E-state index in [4.69, 9.17) is 5.11 Å². The second kappa shape index (κ2) is 6.38. The van der Waals surface area contributed by atoms with E-state index in [2.05, 4.69) is 10.4 Å². The average molecular weight is 305 g/mol. The summed E-state index contributed by atoms with van der Waals surface area (Å²) in [4.78, 5) is 22.8. The lowest BCUT2D eigenvalue weighted by Crippen LogP contribution is -2.31. The number of amides is 1. The van der Waals surface area contributed by atoms with Crippen molar-refractivity contribution in [3.63, 3.8) is 0 Å². The first-order chi connectivity index (χ1) is 10.4. The Morgan fingerprint density at radius 3 is 2.59 bits per heavy atom. The maximum absolute atomic E-state index is 12.9. The van der Waals surface area contributed by atoms with Gasteiger partial charge in [-0.3, -0.25) is 9.59 Å². The van der Waals surface area contributed by atoms with E-state index in [1.165, 1.54) is 29.9 Å². The molecule has 0 saturated heterocycles. The summed E-state index contributed by atoms with van der Waals surface area (Å²) in [6.07, 6.45) is 1.40. The second-order valence-corrected chi connectivity index (χ2v) is 4.98. The molecule has 0 aliphatic rings. The number of carbonyl (C=O) groups is 2. The molecule has 0 aliphatic carbocycles. The van der Waals surface area contributed by atoms with Crippen molar-refractivity contribution < 1.29 is 19.1 Å². The zero-order valence-corrected chi connectivity index (χ0v) is 12.2. The highest BCUT2D eigenvalue weighted by Crippen LogP contribution is 2.14. The lowest BCUT2D eigenvalue weighted by molar-refractivity contribution is -0.140. The molecule has 1 aromatic heterocycles. The summed E-state index contributed by atoms with van der Waals surface area (Å²) in [6.45, 7) is 3.26. The monoisotopic (exact) mass is 305 g/mol. The highest BCUT2D eigenvalue weighted by atomic mass is 19.1. The predicted molar refractivity (Wildman–Crippen MR) is 77.4 cm³/mol. The summed E-state index contributed by atoms with van der Waals surface area (Å²) < 4.78 is 14.5. The Balaban J connectivity index is 2.15. The molecule has 7 heteroatoms. The maximum Gasteiger partial charge on any atom is 0.308 e. The molecular weight excluding hydrogens is 289 g/mol. The first-order valence-electron chi connectivity index (χ1n) is 6.71. The van der Waals surface area contributed by atoms with Crippen LogP contribution >= 0.6 is 0 Å². The smallest absolute Gasteiger partial charge is 0.308 e. The molecule has 0 aliphatic heterocycles. The molecule has 1 unspecified atom stereocenters. The molecule has 2 aromatic rings. The topological polar surface area (TPSA) is 84.2 Å². The van der Waals surface area contributed by atoms with Crippen molar-refractivity contribution in [2.45, 2.75) is 13.8 Å². The second-order valence-electron chi connectivity index (χ2n) is 4.98. The number of carbonyl (C=O) groups excluding carboxylic acids is 1. The summed E-state index contributed by atoms with van der Waals surface area (Å²) in [7, 11) is 0. The van der Waals surface area contributed by atoms with Gasteiger partial charge in [-0.25, -0.2) is 9.07 Å². The Hall–Kier alpha value is -2.70. The molecule has 0 bridgehead atoms. The van der Waals surface area contributed by atoms with Crippen LogP contribution in [-0.2, 0) is 4.79 Å². The van der Waals surface area contributed by atoms with E-state index in [1.54, 1.807) is 19.1 Å². The van der Waals surface area contributed by atoms with Gasteiger partial charge in [0.25, 0.3) is 5.91 Å². The van der Waals surface area contributed by atoms with E-state index in [0.717, 1.165) is 0 Å². The van der Waals surface area contributed by atoms with Crippen LogP contribution in [0.3, 0.4) is 0 Å². The number of hydrogen-bond donors (Lipinski definition) is 2. The standard InChI is InChI=1S/C15H16FN3O3/c1-9(15(21)22)7-17-14(20)13-8-18-19(10(13)2)12-5-3-11(16)4-6-12/h3-6,8-9H,7H2,1-2H3,(H,17,20)(H,21,22). The summed E-state index contributed by atoms with van der Waals surface area (Å²) in [5, 5.41) is 15.5. The van der Waals surface area contributed by atoms with Gasteiger partial charge >= 0.3 is 5.97 Å². The molecule has 116 valence electrons. The summed E-state index contributed by atoms with van der Waals surface area (Å²) in [6, 6.07) is 5.74. The minimum Gasteiger partial charge on any atom is -0.481 e. The van der Waals surface area contributed by atoms with Gasteiger partial charge < -0.3 is 10.4 Å². The molecule has 2 rings (SSSR count). The third-order valence-electron chi connectivity index (χ3n) is 3.32. The van der Waals surface area contributed by atoms with Crippen LogP contribution < -0.4 is 5.32 Å². The third-order valence-corrected chi connectivity index (χ3v) is 3.32. The van der Waals surface area contributed by atoms with Crippen LogP contribution in [0.5, 0.6) is 0 Å². The van der Waals surface area contributed by atoms with Crippen molar-refractivity contribution in [2.24, 2.45) is 5.92 Å². The van der Waals surface area contributed by atoms with Gasteiger partial charge in [-0.15, -0.1) is 0 Å². The number of carboxylic acids is 1. The fourth-order valence-corrected chi connectivity index (χ4v) is 1.90. The Labute approximate surface area is 126 Å². The van der Waals surface area contributed by atoms with Gasteiger partial charge in [0, 0.05) is 6.54 Å². The van der Waals surface area contributed by atoms with Crippen LogP contribution in [0.2, 0.25) is 0 Å². The zero-order chi connectivity index (χ0) is 16.3. The molecule has 1 aromatic carbocycles. The van der Waals surface area contributed by atoms with Crippen molar-refractivity contribution in [1.29, 1.82) is 0 Å². The maximum atomic E-state index is 12.9. The fourth-order valence-electron chi connectivity index (χ4n) is 1.90. The molecule has 0 spiro atoms.